The molecule has 5 nitrogen and oxygen atoms in total. The predicted molar refractivity (Wildman–Crippen MR) is 55.2 cm³/mol. The van der Waals surface area contributed by atoms with E-state index < -0.39 is 0 Å². The molecule has 1 aromatic heterocycles. The Morgan fingerprint density at radius 2 is 2.07 bits per heavy atom. The molecule has 0 aliphatic rings. The third kappa shape index (κ3) is 3.62. The summed E-state index contributed by atoms with van der Waals surface area (Å²) in [6.45, 7) is 5.54. The van der Waals surface area contributed by atoms with E-state index in [4.69, 9.17) is 14.6 Å². The monoisotopic (exact) mass is 214 g/mol. The molecule has 0 saturated carbocycles. The van der Waals surface area contributed by atoms with Gasteiger partial charge in [0, 0.05) is 25.6 Å². The van der Waals surface area contributed by atoms with Crippen molar-refractivity contribution in [3.05, 3.63) is 18.2 Å². The Kier molecular flexibility index (Phi) is 5.31. The standard InChI is InChI=1S/C10H18N2O3/c1-3-14-10(15-4-2)7-12-6-5-11-9(12)8-13/h5-6,10,13H,3-4,7-8H2,1-2H3. The topological polar surface area (TPSA) is 56.5 Å². The normalized spacial score (nSPS) is 11.2. The SMILES string of the molecule is CCOC(Cn1ccnc1CO)OCC. The van der Waals surface area contributed by atoms with Crippen LogP contribution in [0.1, 0.15) is 19.7 Å². The Bertz CT molecular complexity index is 269. The van der Waals surface area contributed by atoms with Gasteiger partial charge in [0.2, 0.25) is 0 Å². The molecule has 0 bridgehead atoms. The average Bonchev–Trinajstić information content (AvgIpc) is 2.66. The van der Waals surface area contributed by atoms with Crippen molar-refractivity contribution >= 4 is 0 Å². The number of aliphatic hydroxyl groups is 1. The largest absolute Gasteiger partial charge is 0.388 e. The molecule has 0 spiro atoms. The first kappa shape index (κ1) is 12.2. The van der Waals surface area contributed by atoms with Crippen LogP contribution in [-0.4, -0.2) is 34.2 Å². The average molecular weight is 214 g/mol. The van der Waals surface area contributed by atoms with E-state index >= 15 is 0 Å². The summed E-state index contributed by atoms with van der Waals surface area (Å²) in [5.74, 6) is 0.624. The zero-order valence-electron chi connectivity index (χ0n) is 9.22. The molecule has 0 aliphatic carbocycles. The fourth-order valence-corrected chi connectivity index (χ4v) is 1.34. The van der Waals surface area contributed by atoms with Gasteiger partial charge in [-0.1, -0.05) is 0 Å². The number of aromatic nitrogens is 2. The maximum atomic E-state index is 9.02. The van der Waals surface area contributed by atoms with Crippen LogP contribution in [0.15, 0.2) is 12.4 Å². The van der Waals surface area contributed by atoms with Crippen molar-refractivity contribution in [1.82, 2.24) is 9.55 Å². The van der Waals surface area contributed by atoms with Crippen LogP contribution in [0.3, 0.4) is 0 Å². The van der Waals surface area contributed by atoms with Gasteiger partial charge in [-0.25, -0.2) is 4.98 Å². The summed E-state index contributed by atoms with van der Waals surface area (Å²) < 4.78 is 12.6. The molecular weight excluding hydrogens is 196 g/mol. The molecule has 0 amide bonds. The highest BCUT2D eigenvalue weighted by molar-refractivity contribution is 4.90. The first-order chi connectivity index (χ1) is 7.31. The van der Waals surface area contributed by atoms with Gasteiger partial charge in [0.1, 0.15) is 12.4 Å². The maximum Gasteiger partial charge on any atom is 0.175 e. The Balaban J connectivity index is 2.56. The molecule has 0 radical (unpaired) electrons. The van der Waals surface area contributed by atoms with E-state index in [1.807, 2.05) is 18.4 Å². The lowest BCUT2D eigenvalue weighted by molar-refractivity contribution is -0.144. The summed E-state index contributed by atoms with van der Waals surface area (Å²) in [7, 11) is 0. The first-order valence-corrected chi connectivity index (χ1v) is 5.15. The number of nitrogens with zero attached hydrogens (tertiary/aromatic N) is 2. The smallest absolute Gasteiger partial charge is 0.175 e. The molecule has 5 heteroatoms. The van der Waals surface area contributed by atoms with Crippen LogP contribution >= 0.6 is 0 Å². The fraction of sp³-hybridized carbons (Fsp3) is 0.700. The van der Waals surface area contributed by atoms with E-state index in [2.05, 4.69) is 4.98 Å². The zero-order chi connectivity index (χ0) is 11.1. The summed E-state index contributed by atoms with van der Waals surface area (Å²) >= 11 is 0. The maximum absolute atomic E-state index is 9.02. The Labute approximate surface area is 89.6 Å². The van der Waals surface area contributed by atoms with Crippen molar-refractivity contribution in [2.75, 3.05) is 13.2 Å². The number of ether oxygens (including phenoxy) is 2. The number of hydrogen-bond donors (Lipinski definition) is 1. The zero-order valence-corrected chi connectivity index (χ0v) is 9.22. The van der Waals surface area contributed by atoms with Gasteiger partial charge >= 0.3 is 0 Å². The quantitative estimate of drug-likeness (QED) is 0.681. The van der Waals surface area contributed by atoms with Crippen LogP contribution in [0.5, 0.6) is 0 Å². The minimum atomic E-state index is -0.278. The van der Waals surface area contributed by atoms with Crippen LogP contribution in [-0.2, 0) is 22.6 Å². The summed E-state index contributed by atoms with van der Waals surface area (Å²) in [5, 5.41) is 9.02. The number of hydrogen-bond acceptors (Lipinski definition) is 4. The highest BCUT2D eigenvalue weighted by Crippen LogP contribution is 2.04. The van der Waals surface area contributed by atoms with Crippen molar-refractivity contribution in [3.8, 4) is 0 Å². The van der Waals surface area contributed by atoms with Gasteiger partial charge in [0.25, 0.3) is 0 Å². The third-order valence-electron chi connectivity index (χ3n) is 1.99. The van der Waals surface area contributed by atoms with E-state index in [1.54, 1.807) is 12.4 Å². The highest BCUT2D eigenvalue weighted by atomic mass is 16.7. The molecule has 1 rings (SSSR count). The number of aliphatic hydroxyl groups excluding tert-OH is 1. The van der Waals surface area contributed by atoms with E-state index in [1.165, 1.54) is 0 Å². The fourth-order valence-electron chi connectivity index (χ4n) is 1.34. The first-order valence-electron chi connectivity index (χ1n) is 5.15. The van der Waals surface area contributed by atoms with Crippen LogP contribution in [0, 0.1) is 0 Å². The lowest BCUT2D eigenvalue weighted by atomic mass is 10.5. The molecule has 0 unspecified atom stereocenters. The highest BCUT2D eigenvalue weighted by Gasteiger charge is 2.10. The minimum absolute atomic E-state index is 0.0715. The van der Waals surface area contributed by atoms with E-state index in [9.17, 15) is 0 Å². The summed E-state index contributed by atoms with van der Waals surface area (Å²) in [6.07, 6.45) is 3.18. The molecule has 86 valence electrons. The molecule has 1 N–H and O–H groups in total. The van der Waals surface area contributed by atoms with Crippen molar-refractivity contribution in [3.63, 3.8) is 0 Å². The third-order valence-corrected chi connectivity index (χ3v) is 1.99. The minimum Gasteiger partial charge on any atom is -0.388 e. The second-order valence-corrected chi connectivity index (χ2v) is 2.99. The second kappa shape index (κ2) is 6.55. The van der Waals surface area contributed by atoms with Gasteiger partial charge < -0.3 is 19.1 Å². The van der Waals surface area contributed by atoms with Gasteiger partial charge in [0.05, 0.1) is 6.54 Å². The Morgan fingerprint density at radius 3 is 2.60 bits per heavy atom. The molecule has 15 heavy (non-hydrogen) atoms. The summed E-state index contributed by atoms with van der Waals surface area (Å²) in [5.41, 5.74) is 0. The van der Waals surface area contributed by atoms with Crippen molar-refractivity contribution in [2.45, 2.75) is 33.3 Å². The lowest BCUT2D eigenvalue weighted by Gasteiger charge is -2.18. The van der Waals surface area contributed by atoms with Crippen LogP contribution in [0.25, 0.3) is 0 Å². The van der Waals surface area contributed by atoms with E-state index in [0.717, 1.165) is 0 Å². The van der Waals surface area contributed by atoms with Gasteiger partial charge in [-0.05, 0) is 13.8 Å². The Morgan fingerprint density at radius 1 is 1.40 bits per heavy atom. The summed E-state index contributed by atoms with van der Waals surface area (Å²) in [6, 6.07) is 0. The number of rotatable bonds is 7. The van der Waals surface area contributed by atoms with Crippen LogP contribution < -0.4 is 0 Å². The van der Waals surface area contributed by atoms with Gasteiger partial charge in [-0.2, -0.15) is 0 Å². The van der Waals surface area contributed by atoms with Crippen molar-refractivity contribution in [1.29, 1.82) is 0 Å². The van der Waals surface area contributed by atoms with Crippen LogP contribution in [0.4, 0.5) is 0 Å². The van der Waals surface area contributed by atoms with E-state index in [-0.39, 0.29) is 12.9 Å². The molecular formula is C10H18N2O3. The molecule has 0 aromatic carbocycles. The van der Waals surface area contributed by atoms with Gasteiger partial charge in [-0.3, -0.25) is 0 Å². The predicted octanol–water partition coefficient (Wildman–Crippen LogP) is 0.774. The molecule has 0 saturated heterocycles. The molecule has 0 atom stereocenters. The van der Waals surface area contributed by atoms with E-state index in [0.29, 0.717) is 25.6 Å². The Hall–Kier alpha value is -0.910. The number of imidazole rings is 1. The lowest BCUT2D eigenvalue weighted by Crippen LogP contribution is -2.24. The molecule has 1 heterocycles. The van der Waals surface area contributed by atoms with Crippen molar-refractivity contribution in [2.24, 2.45) is 0 Å². The van der Waals surface area contributed by atoms with Gasteiger partial charge in [0.15, 0.2) is 6.29 Å². The molecule has 0 fully saturated rings. The second-order valence-electron chi connectivity index (χ2n) is 2.99. The van der Waals surface area contributed by atoms with Crippen LogP contribution in [0.2, 0.25) is 0 Å². The molecule has 1 aromatic rings. The molecule has 0 aliphatic heterocycles. The summed E-state index contributed by atoms with van der Waals surface area (Å²) in [4.78, 5) is 4.01. The van der Waals surface area contributed by atoms with Crippen molar-refractivity contribution < 1.29 is 14.6 Å². The van der Waals surface area contributed by atoms with Gasteiger partial charge in [-0.15, -0.1) is 0 Å².